The van der Waals surface area contributed by atoms with Gasteiger partial charge in [-0.15, -0.1) is 0 Å². The van der Waals surface area contributed by atoms with Crippen LogP contribution in [0.5, 0.6) is 0 Å². The molecule has 1 aromatic rings. The van der Waals surface area contributed by atoms with Crippen molar-refractivity contribution in [3.05, 3.63) is 29.8 Å². The minimum atomic E-state index is -0.459. The lowest BCUT2D eigenvalue weighted by Crippen LogP contribution is -2.36. The Bertz CT molecular complexity index is 639. The fraction of sp³-hybridized carbons (Fsp3) is 0.571. The number of aryl methyl sites for hydroxylation is 1. The molecule has 0 atom stereocenters. The third-order valence-electron chi connectivity index (χ3n) is 4.79. The van der Waals surface area contributed by atoms with Gasteiger partial charge in [0.05, 0.1) is 0 Å². The van der Waals surface area contributed by atoms with Gasteiger partial charge in [0.2, 0.25) is 5.91 Å². The number of anilines is 1. The highest BCUT2D eigenvalue weighted by atomic mass is 16.5. The molecule has 1 aliphatic rings. The molecular formula is C21H30N2O4. The summed E-state index contributed by atoms with van der Waals surface area (Å²) in [5.74, 6) is -0.831. The molecule has 1 saturated carbocycles. The minimum Gasteiger partial charge on any atom is -0.456 e. The van der Waals surface area contributed by atoms with E-state index in [-0.39, 0.29) is 30.9 Å². The number of nitrogens with one attached hydrogen (secondary N) is 2. The molecule has 1 aromatic carbocycles. The van der Waals surface area contributed by atoms with Crippen molar-refractivity contribution in [3.8, 4) is 0 Å². The molecule has 0 spiro atoms. The van der Waals surface area contributed by atoms with E-state index in [0.717, 1.165) is 30.5 Å². The van der Waals surface area contributed by atoms with E-state index in [9.17, 15) is 14.4 Å². The van der Waals surface area contributed by atoms with Crippen LogP contribution in [0.3, 0.4) is 0 Å². The smallest absolute Gasteiger partial charge is 0.306 e. The van der Waals surface area contributed by atoms with Crippen LogP contribution in [-0.4, -0.2) is 30.4 Å². The van der Waals surface area contributed by atoms with Gasteiger partial charge in [0.1, 0.15) is 0 Å². The molecule has 2 N–H and O–H groups in total. The van der Waals surface area contributed by atoms with Gasteiger partial charge in [-0.2, -0.15) is 0 Å². The van der Waals surface area contributed by atoms with Crippen molar-refractivity contribution in [2.45, 2.75) is 70.8 Å². The number of carbonyl (C=O) groups excluding carboxylic acids is 3. The van der Waals surface area contributed by atoms with E-state index >= 15 is 0 Å². The third-order valence-corrected chi connectivity index (χ3v) is 4.79. The Hall–Kier alpha value is -2.37. The maximum absolute atomic E-state index is 11.9. The molecule has 0 heterocycles. The van der Waals surface area contributed by atoms with Crippen molar-refractivity contribution in [2.24, 2.45) is 0 Å². The first-order chi connectivity index (χ1) is 13.1. The molecule has 0 unspecified atom stereocenters. The number of amides is 2. The van der Waals surface area contributed by atoms with Crippen LogP contribution in [0.1, 0.15) is 63.9 Å². The first-order valence-electron chi connectivity index (χ1n) is 9.91. The van der Waals surface area contributed by atoms with Gasteiger partial charge in [-0.25, -0.2) is 0 Å². The lowest BCUT2D eigenvalue weighted by Gasteiger charge is -2.22. The number of hydrogen-bond acceptors (Lipinski definition) is 4. The Morgan fingerprint density at radius 1 is 1.04 bits per heavy atom. The van der Waals surface area contributed by atoms with E-state index in [1.807, 2.05) is 31.2 Å². The van der Waals surface area contributed by atoms with Crippen LogP contribution in [0.2, 0.25) is 0 Å². The highest BCUT2D eigenvalue weighted by Gasteiger charge is 2.16. The molecule has 1 fully saturated rings. The lowest BCUT2D eigenvalue weighted by molar-refractivity contribution is -0.147. The minimum absolute atomic E-state index is 0.0105. The number of carbonyl (C=O) groups is 3. The summed E-state index contributed by atoms with van der Waals surface area (Å²) in [6, 6.07) is 7.81. The Morgan fingerprint density at radius 3 is 2.52 bits per heavy atom. The zero-order valence-corrected chi connectivity index (χ0v) is 16.1. The standard InChI is InChI=1S/C21H30N2O4/c1-2-16-9-6-7-12-18(16)23-20(25)15-27-21(26)14-8-13-19(24)22-17-10-4-3-5-11-17/h6-7,9,12,17H,2-5,8,10-11,13-15H2,1H3,(H,22,24)(H,23,25). The largest absolute Gasteiger partial charge is 0.456 e. The number of ether oxygens (including phenoxy) is 1. The van der Waals surface area contributed by atoms with Crippen molar-refractivity contribution in [3.63, 3.8) is 0 Å². The Morgan fingerprint density at radius 2 is 1.78 bits per heavy atom. The summed E-state index contributed by atoms with van der Waals surface area (Å²) in [5, 5.41) is 5.78. The van der Waals surface area contributed by atoms with Crippen LogP contribution >= 0.6 is 0 Å². The third kappa shape index (κ3) is 7.81. The van der Waals surface area contributed by atoms with Crippen LogP contribution < -0.4 is 10.6 Å². The zero-order chi connectivity index (χ0) is 19.5. The van der Waals surface area contributed by atoms with E-state index < -0.39 is 5.97 Å². The van der Waals surface area contributed by atoms with Crippen molar-refractivity contribution < 1.29 is 19.1 Å². The predicted octanol–water partition coefficient (Wildman–Crippen LogP) is 3.35. The number of esters is 1. The van der Waals surface area contributed by atoms with Gasteiger partial charge in [0.15, 0.2) is 6.61 Å². The first-order valence-corrected chi connectivity index (χ1v) is 9.91. The summed E-state index contributed by atoms with van der Waals surface area (Å²) < 4.78 is 5.00. The summed E-state index contributed by atoms with van der Waals surface area (Å²) >= 11 is 0. The number of hydrogen-bond donors (Lipinski definition) is 2. The van der Waals surface area contributed by atoms with Crippen molar-refractivity contribution in [1.82, 2.24) is 5.32 Å². The van der Waals surface area contributed by atoms with E-state index in [4.69, 9.17) is 4.74 Å². The monoisotopic (exact) mass is 374 g/mol. The molecule has 1 aliphatic carbocycles. The topological polar surface area (TPSA) is 84.5 Å². The normalized spacial score (nSPS) is 14.4. The Labute approximate surface area is 161 Å². The van der Waals surface area contributed by atoms with Gasteiger partial charge in [-0.3, -0.25) is 14.4 Å². The molecule has 27 heavy (non-hydrogen) atoms. The summed E-state index contributed by atoms with van der Waals surface area (Å²) in [4.78, 5) is 35.6. The lowest BCUT2D eigenvalue weighted by atomic mass is 9.95. The van der Waals surface area contributed by atoms with Gasteiger partial charge in [-0.1, -0.05) is 44.4 Å². The molecule has 148 valence electrons. The van der Waals surface area contributed by atoms with E-state index in [1.54, 1.807) is 0 Å². The fourth-order valence-electron chi connectivity index (χ4n) is 3.30. The molecule has 2 amide bonds. The van der Waals surface area contributed by atoms with E-state index in [2.05, 4.69) is 10.6 Å². The van der Waals surface area contributed by atoms with E-state index in [1.165, 1.54) is 19.3 Å². The van der Waals surface area contributed by atoms with Gasteiger partial charge < -0.3 is 15.4 Å². The quantitative estimate of drug-likeness (QED) is 0.649. The molecule has 0 saturated heterocycles. The first kappa shape index (κ1) is 20.9. The molecule has 6 nitrogen and oxygen atoms in total. The average molecular weight is 374 g/mol. The van der Waals surface area contributed by atoms with Crippen molar-refractivity contribution in [2.75, 3.05) is 11.9 Å². The molecular weight excluding hydrogens is 344 g/mol. The summed E-state index contributed by atoms with van der Waals surface area (Å²) in [5.41, 5.74) is 1.77. The molecule has 0 aliphatic heterocycles. The van der Waals surface area contributed by atoms with Gasteiger partial charge >= 0.3 is 5.97 Å². The predicted molar refractivity (Wildman–Crippen MR) is 104 cm³/mol. The van der Waals surface area contributed by atoms with Gasteiger partial charge in [0, 0.05) is 24.6 Å². The zero-order valence-electron chi connectivity index (χ0n) is 16.1. The number of rotatable bonds is 9. The average Bonchev–Trinajstić information content (AvgIpc) is 2.67. The molecule has 0 bridgehead atoms. The van der Waals surface area contributed by atoms with Crippen molar-refractivity contribution >= 4 is 23.5 Å². The summed E-state index contributed by atoms with van der Waals surface area (Å²) in [6.45, 7) is 1.70. The van der Waals surface area contributed by atoms with Crippen molar-refractivity contribution in [1.29, 1.82) is 0 Å². The number of benzene rings is 1. The summed E-state index contributed by atoms with van der Waals surface area (Å²) in [6.07, 6.45) is 7.35. The highest BCUT2D eigenvalue weighted by molar-refractivity contribution is 5.93. The SMILES string of the molecule is CCc1ccccc1NC(=O)COC(=O)CCCC(=O)NC1CCCCC1. The maximum Gasteiger partial charge on any atom is 0.306 e. The summed E-state index contributed by atoms with van der Waals surface area (Å²) in [7, 11) is 0. The van der Waals surface area contributed by atoms with E-state index in [0.29, 0.717) is 12.8 Å². The molecule has 0 radical (unpaired) electrons. The van der Waals surface area contributed by atoms with Gasteiger partial charge in [0.25, 0.3) is 5.91 Å². The molecule has 2 rings (SSSR count). The van der Waals surface area contributed by atoms with Gasteiger partial charge in [-0.05, 0) is 37.3 Å². The molecule has 0 aromatic heterocycles. The van der Waals surface area contributed by atoms with Crippen LogP contribution in [0, 0.1) is 0 Å². The van der Waals surface area contributed by atoms with Crippen LogP contribution in [0.15, 0.2) is 24.3 Å². The Kier molecular flexibility index (Phi) is 8.81. The second-order valence-corrected chi connectivity index (χ2v) is 6.98. The highest BCUT2D eigenvalue weighted by Crippen LogP contribution is 2.17. The van der Waals surface area contributed by atoms with Crippen LogP contribution in [0.25, 0.3) is 0 Å². The second-order valence-electron chi connectivity index (χ2n) is 6.98. The number of para-hydroxylation sites is 1. The Balaban J connectivity index is 1.60. The second kappa shape index (κ2) is 11.4. The fourth-order valence-corrected chi connectivity index (χ4v) is 3.30. The maximum atomic E-state index is 11.9. The van der Waals surface area contributed by atoms with Crippen LogP contribution in [-0.2, 0) is 25.5 Å². The molecule has 6 heteroatoms. The van der Waals surface area contributed by atoms with Crippen LogP contribution in [0.4, 0.5) is 5.69 Å².